The summed E-state index contributed by atoms with van der Waals surface area (Å²) < 4.78 is 20.0. The normalized spacial score (nSPS) is 12.7. The van der Waals surface area contributed by atoms with Crippen LogP contribution in [0.5, 0.6) is 5.75 Å². The minimum absolute atomic E-state index is 0.00585. The van der Waals surface area contributed by atoms with Crippen LogP contribution in [0.1, 0.15) is 44.7 Å². The molecule has 0 radical (unpaired) electrons. The molecule has 0 unspecified atom stereocenters. The second kappa shape index (κ2) is 11.8. The Kier molecular flexibility index (Phi) is 9.49. The van der Waals surface area contributed by atoms with Crippen LogP contribution in [0.2, 0.25) is 0 Å². The molecule has 1 N–H and O–H groups in total. The van der Waals surface area contributed by atoms with Crippen molar-refractivity contribution in [1.29, 1.82) is 0 Å². The van der Waals surface area contributed by atoms with E-state index in [2.05, 4.69) is 21.2 Å². The highest BCUT2D eigenvalue weighted by Crippen LogP contribution is 2.22. The molecule has 0 fully saturated rings. The highest BCUT2D eigenvalue weighted by molar-refractivity contribution is 9.10. The summed E-state index contributed by atoms with van der Waals surface area (Å²) in [6.45, 7) is 7.71. The fourth-order valence-corrected chi connectivity index (χ4v) is 3.33. The van der Waals surface area contributed by atoms with Crippen LogP contribution < -0.4 is 10.1 Å². The maximum Gasteiger partial charge on any atom is 0.261 e. The summed E-state index contributed by atoms with van der Waals surface area (Å²) in [5.41, 5.74) is 1.73. The Morgan fingerprint density at radius 3 is 2.39 bits per heavy atom. The van der Waals surface area contributed by atoms with E-state index < -0.39 is 6.04 Å². The number of ether oxygens (including phenoxy) is 1. The van der Waals surface area contributed by atoms with Gasteiger partial charge >= 0.3 is 0 Å². The van der Waals surface area contributed by atoms with E-state index in [1.54, 1.807) is 18.2 Å². The van der Waals surface area contributed by atoms with Crippen molar-refractivity contribution in [2.24, 2.45) is 0 Å². The molecule has 31 heavy (non-hydrogen) atoms. The van der Waals surface area contributed by atoms with Crippen molar-refractivity contribution >= 4 is 27.7 Å². The van der Waals surface area contributed by atoms with Crippen molar-refractivity contribution in [2.75, 3.05) is 6.61 Å². The Hall–Kier alpha value is -2.41. The van der Waals surface area contributed by atoms with Crippen LogP contribution in [0.4, 0.5) is 4.39 Å². The molecule has 0 aromatic heterocycles. The predicted molar refractivity (Wildman–Crippen MR) is 123 cm³/mol. The molecule has 168 valence electrons. The minimum atomic E-state index is -0.651. The molecule has 0 heterocycles. The van der Waals surface area contributed by atoms with Gasteiger partial charge in [-0.05, 0) is 68.1 Å². The van der Waals surface area contributed by atoms with E-state index in [-0.39, 0.29) is 36.8 Å². The second-order valence-electron chi connectivity index (χ2n) is 7.59. The third kappa shape index (κ3) is 7.35. The molecule has 2 amide bonds. The summed E-state index contributed by atoms with van der Waals surface area (Å²) in [5, 5.41) is 2.96. The largest absolute Gasteiger partial charge is 0.484 e. The first-order valence-electron chi connectivity index (χ1n) is 10.5. The first-order valence-corrected chi connectivity index (χ1v) is 11.3. The van der Waals surface area contributed by atoms with E-state index in [9.17, 15) is 14.0 Å². The molecule has 0 aliphatic rings. The summed E-state index contributed by atoms with van der Waals surface area (Å²) in [5.74, 6) is -0.284. The first-order chi connectivity index (χ1) is 14.7. The van der Waals surface area contributed by atoms with Crippen molar-refractivity contribution in [1.82, 2.24) is 10.2 Å². The molecule has 2 aromatic carbocycles. The molecule has 0 bridgehead atoms. The van der Waals surface area contributed by atoms with Gasteiger partial charge in [0.25, 0.3) is 5.91 Å². The summed E-state index contributed by atoms with van der Waals surface area (Å²) in [6, 6.07) is 10.8. The van der Waals surface area contributed by atoms with Gasteiger partial charge in [0.2, 0.25) is 5.91 Å². The Labute approximate surface area is 192 Å². The lowest BCUT2D eigenvalue weighted by molar-refractivity contribution is -0.143. The van der Waals surface area contributed by atoms with Gasteiger partial charge in [0, 0.05) is 17.1 Å². The Balaban J connectivity index is 2.21. The molecule has 5 nitrogen and oxygen atoms in total. The van der Waals surface area contributed by atoms with Crippen LogP contribution in [0.15, 0.2) is 46.9 Å². The van der Waals surface area contributed by atoms with Gasteiger partial charge in [0.15, 0.2) is 6.61 Å². The van der Waals surface area contributed by atoms with Crippen molar-refractivity contribution in [3.05, 3.63) is 63.9 Å². The van der Waals surface area contributed by atoms with E-state index in [4.69, 9.17) is 4.74 Å². The topological polar surface area (TPSA) is 58.6 Å². The lowest BCUT2D eigenvalue weighted by atomic mass is 10.1. The molecular formula is C24H30BrFN2O3. The third-order valence-electron chi connectivity index (χ3n) is 5.14. The first kappa shape index (κ1) is 24.9. The quantitative estimate of drug-likeness (QED) is 0.507. The SMILES string of the molecule is CC[C@H](C)NC(=O)[C@H](CC)N(Cc1ccc(F)cc1)C(=O)COc1ccc(Br)c(C)c1. The Morgan fingerprint density at radius 2 is 1.81 bits per heavy atom. The highest BCUT2D eigenvalue weighted by Gasteiger charge is 2.29. The number of carbonyl (C=O) groups is 2. The van der Waals surface area contributed by atoms with Gasteiger partial charge in [-0.1, -0.05) is 41.9 Å². The van der Waals surface area contributed by atoms with Gasteiger partial charge in [-0.3, -0.25) is 9.59 Å². The van der Waals surface area contributed by atoms with Crippen molar-refractivity contribution in [2.45, 2.75) is 59.2 Å². The average Bonchev–Trinajstić information content (AvgIpc) is 2.75. The number of rotatable bonds is 10. The van der Waals surface area contributed by atoms with Gasteiger partial charge in [0.1, 0.15) is 17.6 Å². The van der Waals surface area contributed by atoms with E-state index in [1.165, 1.54) is 17.0 Å². The standard InChI is InChI=1S/C24H30BrFN2O3/c1-5-17(4)27-24(30)22(6-2)28(14-18-7-9-19(26)10-8-18)23(29)15-31-20-11-12-21(25)16(3)13-20/h7-13,17,22H,5-6,14-15H2,1-4H3,(H,27,30)/t17-,22-/m0/s1. The van der Waals surface area contributed by atoms with E-state index in [0.717, 1.165) is 22.0 Å². The van der Waals surface area contributed by atoms with Crippen LogP contribution in [0.3, 0.4) is 0 Å². The summed E-state index contributed by atoms with van der Waals surface area (Å²) in [4.78, 5) is 27.5. The maximum atomic E-state index is 13.3. The Morgan fingerprint density at radius 1 is 1.13 bits per heavy atom. The third-order valence-corrected chi connectivity index (χ3v) is 6.03. The molecule has 2 aromatic rings. The highest BCUT2D eigenvalue weighted by atomic mass is 79.9. The second-order valence-corrected chi connectivity index (χ2v) is 8.44. The average molecular weight is 493 g/mol. The van der Waals surface area contributed by atoms with Crippen molar-refractivity contribution < 1.29 is 18.7 Å². The fourth-order valence-electron chi connectivity index (χ4n) is 3.08. The van der Waals surface area contributed by atoms with E-state index >= 15 is 0 Å². The number of amides is 2. The number of benzene rings is 2. The zero-order chi connectivity index (χ0) is 23.0. The van der Waals surface area contributed by atoms with Crippen LogP contribution in [-0.4, -0.2) is 35.4 Å². The number of hydrogen-bond donors (Lipinski definition) is 1. The molecule has 0 saturated carbocycles. The monoisotopic (exact) mass is 492 g/mol. The molecule has 2 atom stereocenters. The summed E-state index contributed by atoms with van der Waals surface area (Å²) in [7, 11) is 0. The van der Waals surface area contributed by atoms with Crippen molar-refractivity contribution in [3.63, 3.8) is 0 Å². The molecule has 0 spiro atoms. The molecule has 2 rings (SSSR count). The number of nitrogens with one attached hydrogen (secondary N) is 1. The zero-order valence-corrected chi connectivity index (χ0v) is 20.0. The van der Waals surface area contributed by atoms with Crippen LogP contribution in [0, 0.1) is 12.7 Å². The lowest BCUT2D eigenvalue weighted by Gasteiger charge is -2.31. The maximum absolute atomic E-state index is 13.3. The number of carbonyl (C=O) groups excluding carboxylic acids is 2. The number of nitrogens with zero attached hydrogens (tertiary/aromatic N) is 1. The van der Waals surface area contributed by atoms with Gasteiger partial charge in [-0.25, -0.2) is 4.39 Å². The van der Waals surface area contributed by atoms with Gasteiger partial charge in [-0.2, -0.15) is 0 Å². The number of hydrogen-bond acceptors (Lipinski definition) is 3. The lowest BCUT2D eigenvalue weighted by Crippen LogP contribution is -2.51. The summed E-state index contributed by atoms with van der Waals surface area (Å²) >= 11 is 3.44. The molecular weight excluding hydrogens is 463 g/mol. The zero-order valence-electron chi connectivity index (χ0n) is 18.5. The Bertz CT molecular complexity index is 889. The molecule has 0 aliphatic carbocycles. The molecule has 7 heteroatoms. The predicted octanol–water partition coefficient (Wildman–Crippen LogP) is 5.00. The van der Waals surface area contributed by atoms with E-state index in [0.29, 0.717) is 12.2 Å². The van der Waals surface area contributed by atoms with Gasteiger partial charge in [0.05, 0.1) is 0 Å². The van der Waals surface area contributed by atoms with Crippen LogP contribution in [-0.2, 0) is 16.1 Å². The van der Waals surface area contributed by atoms with Crippen molar-refractivity contribution in [3.8, 4) is 5.75 Å². The number of aryl methyl sites for hydroxylation is 1. The smallest absolute Gasteiger partial charge is 0.261 e. The van der Waals surface area contributed by atoms with Gasteiger partial charge < -0.3 is 15.0 Å². The number of halogens is 2. The minimum Gasteiger partial charge on any atom is -0.484 e. The molecule has 0 saturated heterocycles. The van der Waals surface area contributed by atoms with E-state index in [1.807, 2.05) is 39.8 Å². The molecule has 0 aliphatic heterocycles. The van der Waals surface area contributed by atoms with Crippen LogP contribution >= 0.6 is 15.9 Å². The fraction of sp³-hybridized carbons (Fsp3) is 0.417. The van der Waals surface area contributed by atoms with Crippen LogP contribution in [0.25, 0.3) is 0 Å². The summed E-state index contributed by atoms with van der Waals surface area (Å²) in [6.07, 6.45) is 1.24. The van der Waals surface area contributed by atoms with Gasteiger partial charge in [-0.15, -0.1) is 0 Å².